The molecule has 1 aromatic rings. The van der Waals surface area contributed by atoms with Crippen LogP contribution in [-0.4, -0.2) is 49.3 Å². The summed E-state index contributed by atoms with van der Waals surface area (Å²) in [5.41, 5.74) is 0.485. The van der Waals surface area contributed by atoms with Gasteiger partial charge in [-0.25, -0.2) is 9.59 Å². The third-order valence-corrected chi connectivity index (χ3v) is 3.88. The summed E-state index contributed by atoms with van der Waals surface area (Å²) in [7, 11) is 1.32. The van der Waals surface area contributed by atoms with E-state index in [1.807, 2.05) is 13.8 Å². The standard InChI is InChI=1S/C13H18N2O4S/c1-8-6-15(7-9(2)19-8)13(17)14-10-4-5-20-11(10)12(16)18-3/h4-5,8-9H,6-7H2,1-3H3,(H,14,17)/t8-,9+. The quantitative estimate of drug-likeness (QED) is 0.850. The Hall–Kier alpha value is -1.60. The summed E-state index contributed by atoms with van der Waals surface area (Å²) in [6, 6.07) is 1.47. The molecule has 0 aromatic carbocycles. The number of rotatable bonds is 2. The molecule has 6 nitrogen and oxygen atoms in total. The molecule has 0 spiro atoms. The minimum absolute atomic E-state index is 0.00653. The van der Waals surface area contributed by atoms with Crippen LogP contribution in [-0.2, 0) is 9.47 Å². The van der Waals surface area contributed by atoms with Crippen LogP contribution >= 0.6 is 11.3 Å². The van der Waals surface area contributed by atoms with Crippen molar-refractivity contribution in [1.82, 2.24) is 4.90 Å². The molecule has 0 saturated carbocycles. The van der Waals surface area contributed by atoms with Crippen molar-refractivity contribution in [2.75, 3.05) is 25.5 Å². The summed E-state index contributed by atoms with van der Waals surface area (Å²) in [5, 5.41) is 4.50. The third-order valence-electron chi connectivity index (χ3n) is 2.98. The number of thiophene rings is 1. The number of carbonyl (C=O) groups excluding carboxylic acids is 2. The van der Waals surface area contributed by atoms with Gasteiger partial charge in [0, 0.05) is 13.1 Å². The van der Waals surface area contributed by atoms with Crippen LogP contribution in [0.1, 0.15) is 23.5 Å². The molecule has 7 heteroatoms. The number of ether oxygens (including phenoxy) is 2. The van der Waals surface area contributed by atoms with Gasteiger partial charge in [0.05, 0.1) is 25.0 Å². The summed E-state index contributed by atoms with van der Waals surface area (Å²) in [6.45, 7) is 4.93. The van der Waals surface area contributed by atoms with Gasteiger partial charge in [-0.1, -0.05) is 0 Å². The molecule has 2 rings (SSSR count). The minimum atomic E-state index is -0.445. The molecule has 0 unspecified atom stereocenters. The van der Waals surface area contributed by atoms with Crippen LogP contribution < -0.4 is 5.32 Å². The van der Waals surface area contributed by atoms with Crippen molar-refractivity contribution in [2.24, 2.45) is 0 Å². The number of methoxy groups -OCH3 is 1. The monoisotopic (exact) mass is 298 g/mol. The van der Waals surface area contributed by atoms with Gasteiger partial charge in [0.25, 0.3) is 0 Å². The first-order valence-corrected chi connectivity index (χ1v) is 7.26. The highest BCUT2D eigenvalue weighted by Crippen LogP contribution is 2.24. The maximum absolute atomic E-state index is 12.2. The molecule has 110 valence electrons. The number of hydrogen-bond acceptors (Lipinski definition) is 5. The van der Waals surface area contributed by atoms with Crippen molar-refractivity contribution in [3.63, 3.8) is 0 Å². The molecular weight excluding hydrogens is 280 g/mol. The second kappa shape index (κ2) is 6.23. The maximum Gasteiger partial charge on any atom is 0.350 e. The third kappa shape index (κ3) is 3.29. The molecule has 2 heterocycles. The van der Waals surface area contributed by atoms with E-state index in [1.54, 1.807) is 16.3 Å². The Morgan fingerprint density at radius 2 is 2.05 bits per heavy atom. The van der Waals surface area contributed by atoms with E-state index < -0.39 is 5.97 Å². The van der Waals surface area contributed by atoms with E-state index in [2.05, 4.69) is 10.1 Å². The Balaban J connectivity index is 2.04. The number of carbonyl (C=O) groups is 2. The SMILES string of the molecule is COC(=O)c1sccc1NC(=O)N1C[C@@H](C)O[C@@H](C)C1. The van der Waals surface area contributed by atoms with Crippen LogP contribution in [0.4, 0.5) is 10.5 Å². The number of hydrogen-bond donors (Lipinski definition) is 1. The first kappa shape index (κ1) is 14.8. The molecule has 1 fully saturated rings. The van der Waals surface area contributed by atoms with Gasteiger partial charge in [-0.15, -0.1) is 11.3 Å². The summed E-state index contributed by atoms with van der Waals surface area (Å²) >= 11 is 1.24. The second-order valence-corrected chi connectivity index (χ2v) is 5.66. The molecule has 2 atom stereocenters. The van der Waals surface area contributed by atoms with Crippen molar-refractivity contribution in [3.05, 3.63) is 16.3 Å². The Bertz CT molecular complexity index is 492. The molecule has 1 aromatic heterocycles. The maximum atomic E-state index is 12.2. The largest absolute Gasteiger partial charge is 0.465 e. The average molecular weight is 298 g/mol. The predicted octanol–water partition coefficient (Wildman–Crippen LogP) is 2.18. The summed E-state index contributed by atoms with van der Waals surface area (Å²) in [5.74, 6) is -0.445. The Kier molecular flexibility index (Phi) is 4.61. The smallest absolute Gasteiger partial charge is 0.350 e. The highest BCUT2D eigenvalue weighted by atomic mass is 32.1. The number of urea groups is 1. The van der Waals surface area contributed by atoms with Crippen LogP contribution in [0.5, 0.6) is 0 Å². The molecule has 1 aliphatic heterocycles. The van der Waals surface area contributed by atoms with Gasteiger partial charge >= 0.3 is 12.0 Å². The van der Waals surface area contributed by atoms with E-state index in [0.29, 0.717) is 23.7 Å². The zero-order valence-corrected chi connectivity index (χ0v) is 12.5. The van der Waals surface area contributed by atoms with Crippen molar-refractivity contribution in [2.45, 2.75) is 26.1 Å². The number of morpholine rings is 1. The number of anilines is 1. The van der Waals surface area contributed by atoms with E-state index in [1.165, 1.54) is 18.4 Å². The van der Waals surface area contributed by atoms with Crippen molar-refractivity contribution in [3.8, 4) is 0 Å². The summed E-state index contributed by atoms with van der Waals surface area (Å²) in [4.78, 5) is 25.9. The van der Waals surface area contributed by atoms with Crippen LogP contribution in [0.25, 0.3) is 0 Å². The molecule has 1 N–H and O–H groups in total. The Morgan fingerprint density at radius 3 is 2.65 bits per heavy atom. The number of nitrogens with one attached hydrogen (secondary N) is 1. The lowest BCUT2D eigenvalue weighted by molar-refractivity contribution is -0.0530. The average Bonchev–Trinajstić information content (AvgIpc) is 2.84. The Morgan fingerprint density at radius 1 is 1.40 bits per heavy atom. The van der Waals surface area contributed by atoms with Crippen molar-refractivity contribution < 1.29 is 19.1 Å². The van der Waals surface area contributed by atoms with Gasteiger partial charge in [0.2, 0.25) is 0 Å². The first-order valence-electron chi connectivity index (χ1n) is 6.38. The van der Waals surface area contributed by atoms with Gasteiger partial charge in [-0.05, 0) is 25.3 Å². The second-order valence-electron chi connectivity index (χ2n) is 4.75. The first-order chi connectivity index (χ1) is 9.51. The Labute approximate surface area is 121 Å². The van der Waals surface area contributed by atoms with Crippen LogP contribution in [0.3, 0.4) is 0 Å². The molecule has 1 aliphatic rings. The lowest BCUT2D eigenvalue weighted by Crippen LogP contribution is -2.49. The van der Waals surface area contributed by atoms with Crippen molar-refractivity contribution in [1.29, 1.82) is 0 Å². The van der Waals surface area contributed by atoms with E-state index >= 15 is 0 Å². The number of esters is 1. The fourth-order valence-corrected chi connectivity index (χ4v) is 2.96. The predicted molar refractivity (Wildman–Crippen MR) is 76.3 cm³/mol. The van der Waals surface area contributed by atoms with Gasteiger partial charge < -0.3 is 19.7 Å². The molecule has 2 amide bonds. The lowest BCUT2D eigenvalue weighted by Gasteiger charge is -2.35. The molecule has 0 bridgehead atoms. The minimum Gasteiger partial charge on any atom is -0.465 e. The number of nitrogens with zero attached hydrogens (tertiary/aromatic N) is 1. The zero-order chi connectivity index (χ0) is 14.7. The van der Waals surface area contributed by atoms with E-state index in [4.69, 9.17) is 4.74 Å². The highest BCUT2D eigenvalue weighted by molar-refractivity contribution is 7.12. The topological polar surface area (TPSA) is 67.9 Å². The zero-order valence-electron chi connectivity index (χ0n) is 11.7. The molecule has 0 aliphatic carbocycles. The summed E-state index contributed by atoms with van der Waals surface area (Å²) < 4.78 is 10.3. The molecular formula is C13H18N2O4S. The normalized spacial score (nSPS) is 22.4. The number of amides is 2. The fourth-order valence-electron chi connectivity index (χ4n) is 2.20. The molecule has 0 radical (unpaired) electrons. The van der Waals surface area contributed by atoms with Crippen molar-refractivity contribution >= 4 is 29.0 Å². The molecule has 1 saturated heterocycles. The summed E-state index contributed by atoms with van der Waals surface area (Å²) in [6.07, 6.45) is 0.0131. The van der Waals surface area contributed by atoms with Gasteiger partial charge in [0.15, 0.2) is 0 Å². The van der Waals surface area contributed by atoms with Gasteiger partial charge in [0.1, 0.15) is 4.88 Å². The van der Waals surface area contributed by atoms with Crippen LogP contribution in [0.15, 0.2) is 11.4 Å². The van der Waals surface area contributed by atoms with Crippen LogP contribution in [0.2, 0.25) is 0 Å². The van der Waals surface area contributed by atoms with Crippen LogP contribution in [0, 0.1) is 0 Å². The van der Waals surface area contributed by atoms with E-state index in [0.717, 1.165) is 0 Å². The van der Waals surface area contributed by atoms with Gasteiger partial charge in [-0.2, -0.15) is 0 Å². The molecule has 20 heavy (non-hydrogen) atoms. The van der Waals surface area contributed by atoms with E-state index in [-0.39, 0.29) is 18.2 Å². The highest BCUT2D eigenvalue weighted by Gasteiger charge is 2.27. The van der Waals surface area contributed by atoms with E-state index in [9.17, 15) is 9.59 Å². The van der Waals surface area contributed by atoms with Gasteiger partial charge in [-0.3, -0.25) is 0 Å². The fraction of sp³-hybridized carbons (Fsp3) is 0.538. The lowest BCUT2D eigenvalue weighted by atomic mass is 10.2.